The molecule has 0 aliphatic heterocycles. The molecule has 0 bridgehead atoms. The third-order valence-electron chi connectivity index (χ3n) is 8.01. The summed E-state index contributed by atoms with van der Waals surface area (Å²) >= 11 is 0. The van der Waals surface area contributed by atoms with E-state index in [1.165, 1.54) is 108 Å². The molecule has 174 valence electrons. The van der Waals surface area contributed by atoms with Gasteiger partial charge >= 0.3 is 0 Å². The van der Waals surface area contributed by atoms with E-state index in [1.54, 1.807) is 11.6 Å². The minimum absolute atomic E-state index is 0.551. The Morgan fingerprint density at radius 3 is 2.16 bits per heavy atom. The SMILES string of the molecule is CCCCCCCc1ccc([C@H]2CC[C@H](C3CCC(/C=C/C=C(\F)C#N)CC3)CC2)cc1. The highest BCUT2D eigenvalue weighted by Gasteiger charge is 2.30. The first-order chi connectivity index (χ1) is 15.7. The highest BCUT2D eigenvalue weighted by atomic mass is 19.1. The Morgan fingerprint density at radius 2 is 1.53 bits per heavy atom. The van der Waals surface area contributed by atoms with Crippen LogP contribution in [0, 0.1) is 29.1 Å². The maximum absolute atomic E-state index is 12.9. The third kappa shape index (κ3) is 7.91. The first-order valence-electron chi connectivity index (χ1n) is 13.2. The summed E-state index contributed by atoms with van der Waals surface area (Å²) in [5.41, 5.74) is 3.07. The van der Waals surface area contributed by atoms with Crippen molar-refractivity contribution in [3.63, 3.8) is 0 Å². The van der Waals surface area contributed by atoms with Gasteiger partial charge in [0.1, 0.15) is 6.07 Å². The van der Waals surface area contributed by atoms with Crippen molar-refractivity contribution >= 4 is 0 Å². The van der Waals surface area contributed by atoms with Gasteiger partial charge < -0.3 is 0 Å². The molecule has 0 spiro atoms. The van der Waals surface area contributed by atoms with Crippen molar-refractivity contribution in [3.8, 4) is 6.07 Å². The Morgan fingerprint density at radius 1 is 0.906 bits per heavy atom. The molecule has 0 amide bonds. The van der Waals surface area contributed by atoms with Crippen molar-refractivity contribution in [3.05, 3.63) is 59.4 Å². The predicted octanol–water partition coefficient (Wildman–Crippen LogP) is 9.21. The Hall–Kier alpha value is -1.88. The van der Waals surface area contributed by atoms with Crippen LogP contribution < -0.4 is 0 Å². The first-order valence-corrected chi connectivity index (χ1v) is 13.2. The molecule has 2 saturated carbocycles. The van der Waals surface area contributed by atoms with Gasteiger partial charge in [-0.05, 0) is 105 Å². The molecule has 2 aliphatic carbocycles. The Balaban J connectivity index is 1.37. The van der Waals surface area contributed by atoms with E-state index in [0.29, 0.717) is 5.92 Å². The molecule has 1 nitrogen and oxygen atoms in total. The molecule has 1 aromatic rings. The number of nitriles is 1. The van der Waals surface area contributed by atoms with Gasteiger partial charge in [-0.25, -0.2) is 0 Å². The highest BCUT2D eigenvalue weighted by molar-refractivity contribution is 5.26. The number of hydrogen-bond acceptors (Lipinski definition) is 1. The fourth-order valence-electron chi connectivity index (χ4n) is 5.96. The molecule has 2 aliphatic rings. The van der Waals surface area contributed by atoms with Gasteiger partial charge in [-0.2, -0.15) is 9.65 Å². The van der Waals surface area contributed by atoms with Crippen LogP contribution in [0.15, 0.2) is 48.3 Å². The number of nitrogens with zero attached hydrogens (tertiary/aromatic N) is 1. The molecule has 2 fully saturated rings. The third-order valence-corrected chi connectivity index (χ3v) is 8.01. The lowest BCUT2D eigenvalue weighted by Gasteiger charge is -2.37. The van der Waals surface area contributed by atoms with E-state index in [9.17, 15) is 4.39 Å². The maximum atomic E-state index is 12.9. The fourth-order valence-corrected chi connectivity index (χ4v) is 5.96. The second-order valence-electron chi connectivity index (χ2n) is 10.2. The topological polar surface area (TPSA) is 23.8 Å². The molecule has 0 N–H and O–H groups in total. The van der Waals surface area contributed by atoms with E-state index in [-0.39, 0.29) is 0 Å². The Bertz CT molecular complexity index is 753. The van der Waals surface area contributed by atoms with E-state index in [0.717, 1.165) is 17.8 Å². The molecule has 2 heteroatoms. The quantitative estimate of drug-likeness (QED) is 0.204. The second kappa shape index (κ2) is 13.6. The molecule has 32 heavy (non-hydrogen) atoms. The lowest BCUT2D eigenvalue weighted by atomic mass is 9.68. The smallest absolute Gasteiger partial charge is 0.195 e. The summed E-state index contributed by atoms with van der Waals surface area (Å²) in [5, 5.41) is 8.48. The van der Waals surface area contributed by atoms with Gasteiger partial charge in [0.15, 0.2) is 5.83 Å². The van der Waals surface area contributed by atoms with Crippen LogP contribution in [0.1, 0.15) is 107 Å². The zero-order chi connectivity index (χ0) is 22.6. The van der Waals surface area contributed by atoms with Gasteiger partial charge in [-0.1, -0.05) is 69.0 Å². The van der Waals surface area contributed by atoms with Gasteiger partial charge in [0.2, 0.25) is 0 Å². The predicted molar refractivity (Wildman–Crippen MR) is 133 cm³/mol. The number of rotatable bonds is 10. The molecule has 1 aromatic carbocycles. The van der Waals surface area contributed by atoms with Crippen molar-refractivity contribution in [1.29, 1.82) is 5.26 Å². The summed E-state index contributed by atoms with van der Waals surface area (Å²) in [7, 11) is 0. The second-order valence-corrected chi connectivity index (χ2v) is 10.2. The number of unbranched alkanes of at least 4 members (excludes halogenated alkanes) is 4. The average Bonchev–Trinajstić information content (AvgIpc) is 2.85. The van der Waals surface area contributed by atoms with E-state index in [1.807, 2.05) is 0 Å². The summed E-state index contributed by atoms with van der Waals surface area (Å²) in [5.74, 6) is 2.38. The van der Waals surface area contributed by atoms with Crippen LogP contribution in [0.5, 0.6) is 0 Å². The van der Waals surface area contributed by atoms with Gasteiger partial charge in [0.05, 0.1) is 0 Å². The van der Waals surface area contributed by atoms with Crippen LogP contribution in [-0.2, 0) is 6.42 Å². The average molecular weight is 436 g/mol. The van der Waals surface area contributed by atoms with Crippen molar-refractivity contribution in [2.45, 2.75) is 103 Å². The van der Waals surface area contributed by atoms with Crippen molar-refractivity contribution in [2.24, 2.45) is 17.8 Å². The molecule has 0 aromatic heterocycles. The van der Waals surface area contributed by atoms with Crippen LogP contribution in [-0.4, -0.2) is 0 Å². The fraction of sp³-hybridized carbons (Fsp3) is 0.633. The standard InChI is InChI=1S/C30H42FN/c1-2-3-4-5-6-8-24-11-15-26(16-12-24)28-19-21-29(22-20-28)27-17-13-25(14-18-27)9-7-10-30(31)23-32/h7,9-12,15-16,25,27-29H,2-6,8,13-14,17-22H2,1H3/b9-7+,30-10-/t25?,27?,28-,29-. The summed E-state index contributed by atoms with van der Waals surface area (Å²) < 4.78 is 12.9. The van der Waals surface area contributed by atoms with Gasteiger partial charge in [-0.15, -0.1) is 0 Å². The molecule has 0 radical (unpaired) electrons. The minimum atomic E-state index is -0.705. The first kappa shape index (κ1) is 24.8. The van der Waals surface area contributed by atoms with Gasteiger partial charge in [-0.3, -0.25) is 0 Å². The summed E-state index contributed by atoms with van der Waals surface area (Å²) in [6.07, 6.45) is 23.6. The van der Waals surface area contributed by atoms with E-state index in [4.69, 9.17) is 5.26 Å². The van der Waals surface area contributed by atoms with Crippen LogP contribution in [0.3, 0.4) is 0 Å². The van der Waals surface area contributed by atoms with Gasteiger partial charge in [0, 0.05) is 0 Å². The van der Waals surface area contributed by atoms with Crippen LogP contribution in [0.25, 0.3) is 0 Å². The van der Waals surface area contributed by atoms with Crippen LogP contribution in [0.4, 0.5) is 4.39 Å². The van der Waals surface area contributed by atoms with Crippen LogP contribution >= 0.6 is 0 Å². The lowest BCUT2D eigenvalue weighted by molar-refractivity contribution is 0.171. The molecule has 0 atom stereocenters. The van der Waals surface area contributed by atoms with Crippen molar-refractivity contribution in [2.75, 3.05) is 0 Å². The Labute approximate surface area is 195 Å². The molecule has 0 heterocycles. The number of benzene rings is 1. The summed E-state index contributed by atoms with van der Waals surface area (Å²) in [4.78, 5) is 0. The van der Waals surface area contributed by atoms with Crippen molar-refractivity contribution in [1.82, 2.24) is 0 Å². The van der Waals surface area contributed by atoms with E-state index in [2.05, 4.69) is 37.3 Å². The maximum Gasteiger partial charge on any atom is 0.199 e. The highest BCUT2D eigenvalue weighted by Crippen LogP contribution is 2.44. The number of hydrogen-bond donors (Lipinski definition) is 0. The van der Waals surface area contributed by atoms with E-state index < -0.39 is 5.83 Å². The molecular weight excluding hydrogens is 393 g/mol. The summed E-state index contributed by atoms with van der Waals surface area (Å²) in [6.45, 7) is 2.28. The van der Waals surface area contributed by atoms with Crippen LogP contribution in [0.2, 0.25) is 0 Å². The summed E-state index contributed by atoms with van der Waals surface area (Å²) in [6, 6.07) is 11.1. The minimum Gasteiger partial charge on any atom is -0.195 e. The molecular formula is C30H42FN. The largest absolute Gasteiger partial charge is 0.199 e. The zero-order valence-electron chi connectivity index (χ0n) is 20.1. The number of halogens is 1. The van der Waals surface area contributed by atoms with E-state index >= 15 is 0 Å². The van der Waals surface area contributed by atoms with Crippen molar-refractivity contribution < 1.29 is 4.39 Å². The number of aryl methyl sites for hydroxylation is 1. The molecule has 3 rings (SSSR count). The molecule has 0 unspecified atom stereocenters. The lowest BCUT2D eigenvalue weighted by Crippen LogP contribution is -2.25. The zero-order valence-corrected chi connectivity index (χ0v) is 20.1. The molecule has 0 saturated heterocycles. The normalized spacial score (nSPS) is 26.8. The van der Waals surface area contributed by atoms with Gasteiger partial charge in [0.25, 0.3) is 0 Å². The Kier molecular flexibility index (Phi) is 10.5. The number of allylic oxidation sites excluding steroid dienone is 4. The monoisotopic (exact) mass is 435 g/mol.